The molecule has 1 heterocycles. The molecule has 0 unspecified atom stereocenters. The maximum atomic E-state index is 14.0. The average Bonchev–Trinajstić information content (AvgIpc) is 2.63. The van der Waals surface area contributed by atoms with E-state index in [-0.39, 0.29) is 5.02 Å². The molecule has 3 nitrogen and oxygen atoms in total. The number of anilines is 1. The molecule has 0 radical (unpaired) electrons. The third-order valence-corrected chi connectivity index (χ3v) is 2.95. The van der Waals surface area contributed by atoms with Gasteiger partial charge in [-0.15, -0.1) is 0 Å². The number of hydrogen-bond donors (Lipinski definition) is 2. The molecule has 0 aliphatic carbocycles. The standard InChI is InChI=1S/C11H11ClFN3/c1-5-3-8(12)10(13)9(6(5)2)7-4-15-16-11(7)14/h3-4H,1-2H3,(H3,14,15,16). The van der Waals surface area contributed by atoms with Gasteiger partial charge in [-0.2, -0.15) is 5.10 Å². The Hall–Kier alpha value is -1.55. The van der Waals surface area contributed by atoms with E-state index >= 15 is 0 Å². The highest BCUT2D eigenvalue weighted by Crippen LogP contribution is 2.35. The molecule has 0 amide bonds. The number of nitrogens with one attached hydrogen (secondary N) is 1. The second-order valence-corrected chi connectivity index (χ2v) is 4.09. The highest BCUT2D eigenvalue weighted by Gasteiger charge is 2.17. The Morgan fingerprint density at radius 3 is 2.69 bits per heavy atom. The first-order chi connectivity index (χ1) is 7.52. The zero-order valence-electron chi connectivity index (χ0n) is 8.94. The summed E-state index contributed by atoms with van der Waals surface area (Å²) in [6.45, 7) is 3.71. The highest BCUT2D eigenvalue weighted by molar-refractivity contribution is 6.31. The molecule has 0 atom stereocenters. The van der Waals surface area contributed by atoms with Gasteiger partial charge < -0.3 is 5.73 Å². The maximum absolute atomic E-state index is 14.0. The zero-order chi connectivity index (χ0) is 11.9. The van der Waals surface area contributed by atoms with Gasteiger partial charge in [-0.25, -0.2) is 4.39 Å². The Bertz CT molecular complexity index is 522. The van der Waals surface area contributed by atoms with Crippen molar-refractivity contribution in [2.24, 2.45) is 0 Å². The molecule has 0 spiro atoms. The first-order valence-electron chi connectivity index (χ1n) is 4.76. The molecular weight excluding hydrogens is 229 g/mol. The van der Waals surface area contributed by atoms with Crippen LogP contribution in [0.15, 0.2) is 12.3 Å². The van der Waals surface area contributed by atoms with Crippen LogP contribution in [0.25, 0.3) is 11.1 Å². The first kappa shape index (κ1) is 11.0. The van der Waals surface area contributed by atoms with Crippen LogP contribution in [0, 0.1) is 19.7 Å². The SMILES string of the molecule is Cc1cc(Cl)c(F)c(-c2cn[nH]c2N)c1C. The molecule has 0 aliphatic rings. The maximum Gasteiger partial charge on any atom is 0.150 e. The van der Waals surface area contributed by atoms with Gasteiger partial charge in [0, 0.05) is 11.1 Å². The molecule has 1 aromatic heterocycles. The fourth-order valence-corrected chi connectivity index (χ4v) is 1.92. The van der Waals surface area contributed by atoms with Crippen LogP contribution in [0.4, 0.5) is 10.2 Å². The number of aromatic nitrogens is 2. The summed E-state index contributed by atoms with van der Waals surface area (Å²) >= 11 is 5.81. The molecule has 2 rings (SSSR count). The Morgan fingerprint density at radius 2 is 2.12 bits per heavy atom. The van der Waals surface area contributed by atoms with Crippen molar-refractivity contribution in [1.82, 2.24) is 10.2 Å². The third-order valence-electron chi connectivity index (χ3n) is 2.68. The number of rotatable bonds is 1. The van der Waals surface area contributed by atoms with E-state index < -0.39 is 5.82 Å². The second kappa shape index (κ2) is 3.79. The summed E-state index contributed by atoms with van der Waals surface area (Å²) < 4.78 is 14.0. The van der Waals surface area contributed by atoms with Crippen LogP contribution >= 0.6 is 11.6 Å². The van der Waals surface area contributed by atoms with Crippen LogP contribution in [0.1, 0.15) is 11.1 Å². The summed E-state index contributed by atoms with van der Waals surface area (Å²) in [5.41, 5.74) is 8.37. The van der Waals surface area contributed by atoms with E-state index in [4.69, 9.17) is 17.3 Å². The Kier molecular flexibility index (Phi) is 2.59. The lowest BCUT2D eigenvalue weighted by molar-refractivity contribution is 0.630. The Balaban J connectivity index is 2.79. The quantitative estimate of drug-likeness (QED) is 0.804. The summed E-state index contributed by atoms with van der Waals surface area (Å²) in [5.74, 6) is -0.124. The fourth-order valence-electron chi connectivity index (χ4n) is 1.66. The summed E-state index contributed by atoms with van der Waals surface area (Å²) in [7, 11) is 0. The predicted molar refractivity (Wildman–Crippen MR) is 62.9 cm³/mol. The molecule has 0 aliphatic heterocycles. The van der Waals surface area contributed by atoms with Crippen LogP contribution in [0.5, 0.6) is 0 Å². The van der Waals surface area contributed by atoms with Gasteiger partial charge in [0.15, 0.2) is 0 Å². The largest absolute Gasteiger partial charge is 0.384 e. The zero-order valence-corrected chi connectivity index (χ0v) is 9.69. The number of aromatic amines is 1. The molecule has 3 N–H and O–H groups in total. The van der Waals surface area contributed by atoms with Crippen molar-refractivity contribution in [3.63, 3.8) is 0 Å². The van der Waals surface area contributed by atoms with Gasteiger partial charge in [0.25, 0.3) is 0 Å². The number of aryl methyl sites for hydroxylation is 1. The minimum atomic E-state index is -0.460. The Morgan fingerprint density at radius 1 is 1.44 bits per heavy atom. The van der Waals surface area contributed by atoms with E-state index in [1.807, 2.05) is 13.8 Å². The normalized spacial score (nSPS) is 10.8. The Labute approximate surface area is 97.4 Å². The number of hydrogen-bond acceptors (Lipinski definition) is 2. The molecule has 2 aromatic rings. The molecule has 16 heavy (non-hydrogen) atoms. The van der Waals surface area contributed by atoms with Gasteiger partial charge in [-0.05, 0) is 31.0 Å². The van der Waals surface area contributed by atoms with Crippen LogP contribution in [0.3, 0.4) is 0 Å². The lowest BCUT2D eigenvalue weighted by atomic mass is 9.98. The van der Waals surface area contributed by atoms with E-state index in [2.05, 4.69) is 10.2 Å². The first-order valence-corrected chi connectivity index (χ1v) is 5.14. The molecule has 0 saturated heterocycles. The van der Waals surface area contributed by atoms with Crippen molar-refractivity contribution in [3.05, 3.63) is 34.2 Å². The number of halogens is 2. The molecule has 0 saturated carbocycles. The fraction of sp³-hybridized carbons (Fsp3) is 0.182. The lowest BCUT2D eigenvalue weighted by Crippen LogP contribution is -1.96. The van der Waals surface area contributed by atoms with E-state index in [1.165, 1.54) is 6.20 Å². The minimum absolute atomic E-state index is 0.0960. The van der Waals surface area contributed by atoms with Gasteiger partial charge in [0.05, 0.1) is 11.2 Å². The molecule has 5 heteroatoms. The van der Waals surface area contributed by atoms with Crippen molar-refractivity contribution in [2.75, 3.05) is 5.73 Å². The molecule has 0 bridgehead atoms. The monoisotopic (exact) mass is 239 g/mol. The van der Waals surface area contributed by atoms with Crippen LogP contribution in [0.2, 0.25) is 5.02 Å². The van der Waals surface area contributed by atoms with Gasteiger partial charge in [-0.1, -0.05) is 11.6 Å². The van der Waals surface area contributed by atoms with Crippen molar-refractivity contribution < 1.29 is 4.39 Å². The molecule has 0 fully saturated rings. The summed E-state index contributed by atoms with van der Waals surface area (Å²) in [6, 6.07) is 1.60. The van der Waals surface area contributed by atoms with Crippen molar-refractivity contribution in [3.8, 4) is 11.1 Å². The van der Waals surface area contributed by atoms with Crippen LogP contribution in [-0.4, -0.2) is 10.2 Å². The van der Waals surface area contributed by atoms with Gasteiger partial charge in [0.1, 0.15) is 11.6 Å². The van der Waals surface area contributed by atoms with E-state index in [1.54, 1.807) is 6.07 Å². The summed E-state index contributed by atoms with van der Waals surface area (Å²) in [6.07, 6.45) is 1.50. The van der Waals surface area contributed by atoms with Gasteiger partial charge >= 0.3 is 0 Å². The summed E-state index contributed by atoms with van der Waals surface area (Å²) in [4.78, 5) is 0. The van der Waals surface area contributed by atoms with E-state index in [9.17, 15) is 4.39 Å². The lowest BCUT2D eigenvalue weighted by Gasteiger charge is -2.10. The summed E-state index contributed by atoms with van der Waals surface area (Å²) in [5, 5.41) is 6.45. The number of nitrogens with two attached hydrogens (primary N) is 1. The van der Waals surface area contributed by atoms with Gasteiger partial charge in [-0.3, -0.25) is 5.10 Å². The topological polar surface area (TPSA) is 54.7 Å². The number of nitrogen functional groups attached to an aromatic ring is 1. The number of nitrogens with zero attached hydrogens (tertiary/aromatic N) is 1. The molecular formula is C11H11ClFN3. The average molecular weight is 240 g/mol. The van der Waals surface area contributed by atoms with Gasteiger partial charge in [0.2, 0.25) is 0 Å². The van der Waals surface area contributed by atoms with Crippen molar-refractivity contribution in [1.29, 1.82) is 0 Å². The predicted octanol–water partition coefficient (Wildman–Crippen LogP) is 3.07. The number of H-pyrrole nitrogens is 1. The minimum Gasteiger partial charge on any atom is -0.384 e. The number of benzene rings is 1. The second-order valence-electron chi connectivity index (χ2n) is 3.69. The molecule has 1 aromatic carbocycles. The van der Waals surface area contributed by atoms with Crippen LogP contribution in [-0.2, 0) is 0 Å². The third kappa shape index (κ3) is 1.55. The highest BCUT2D eigenvalue weighted by atomic mass is 35.5. The molecule has 84 valence electrons. The van der Waals surface area contributed by atoms with Crippen LogP contribution < -0.4 is 5.73 Å². The van der Waals surface area contributed by atoms with E-state index in [0.717, 1.165) is 11.1 Å². The van der Waals surface area contributed by atoms with Crippen molar-refractivity contribution >= 4 is 17.4 Å². The smallest absolute Gasteiger partial charge is 0.150 e. The van der Waals surface area contributed by atoms with Crippen molar-refractivity contribution in [2.45, 2.75) is 13.8 Å². The van der Waals surface area contributed by atoms with E-state index in [0.29, 0.717) is 16.9 Å².